The van der Waals surface area contributed by atoms with E-state index in [4.69, 9.17) is 9.47 Å². The second kappa shape index (κ2) is 10.5. The summed E-state index contributed by atoms with van der Waals surface area (Å²) in [4.78, 5) is 59.3. The van der Waals surface area contributed by atoms with Crippen LogP contribution in [0, 0.1) is 5.82 Å². The molecule has 0 aromatic heterocycles. The number of Topliss-reactive ketones (excluding diaryl/α,β-unsaturated/α-hetero) is 1. The van der Waals surface area contributed by atoms with Gasteiger partial charge in [0.25, 0.3) is 17.6 Å². The van der Waals surface area contributed by atoms with Crippen LogP contribution in [-0.2, 0) is 30.5 Å². The smallest absolute Gasteiger partial charge is 0.298 e. The fourth-order valence-electron chi connectivity index (χ4n) is 4.42. The Morgan fingerprint density at radius 3 is 2.74 bits per heavy atom. The van der Waals surface area contributed by atoms with Gasteiger partial charge in [0.1, 0.15) is 23.4 Å². The molecule has 1 unspecified atom stereocenters. The van der Waals surface area contributed by atoms with Gasteiger partial charge in [0, 0.05) is 31.6 Å². The van der Waals surface area contributed by atoms with Gasteiger partial charge in [-0.2, -0.15) is 0 Å². The second-order valence-electron chi connectivity index (χ2n) is 8.82. The molecule has 3 heterocycles. The maximum Gasteiger partial charge on any atom is 0.298 e. The molecule has 2 bridgehead atoms. The SMILES string of the molecule is CC[C@H]1COC[C@@H]2C3=NC(C(=O)NCc4ccc(F)cc4OCCCCC(=O)N2C)C(=O)C(=O)N31. The Balaban J connectivity index is 1.73. The molecule has 1 N–H and O–H groups in total. The molecule has 1 fully saturated rings. The number of aliphatic imine (C=N–C) groups is 1. The molecular formula is C24H29FN4O6. The van der Waals surface area contributed by atoms with Crippen LogP contribution < -0.4 is 10.1 Å². The molecule has 0 spiro atoms. The number of fused-ring (bicyclic) bond motifs is 2. The Hall–Kier alpha value is -3.34. The molecule has 35 heavy (non-hydrogen) atoms. The first-order valence-corrected chi connectivity index (χ1v) is 11.8. The van der Waals surface area contributed by atoms with Crippen molar-refractivity contribution >= 4 is 29.3 Å². The summed E-state index contributed by atoms with van der Waals surface area (Å²) in [6, 6.07) is 1.20. The van der Waals surface area contributed by atoms with Crippen LogP contribution in [0.25, 0.3) is 0 Å². The fourth-order valence-corrected chi connectivity index (χ4v) is 4.42. The molecule has 3 aliphatic heterocycles. The molecule has 1 aromatic carbocycles. The molecule has 10 nitrogen and oxygen atoms in total. The van der Waals surface area contributed by atoms with Gasteiger partial charge in [-0.05, 0) is 25.3 Å². The summed E-state index contributed by atoms with van der Waals surface area (Å²) in [5.41, 5.74) is 0.512. The molecule has 188 valence electrons. The van der Waals surface area contributed by atoms with Crippen LogP contribution in [0.5, 0.6) is 5.75 Å². The van der Waals surface area contributed by atoms with Crippen molar-refractivity contribution in [3.8, 4) is 5.75 Å². The van der Waals surface area contributed by atoms with Gasteiger partial charge in [-0.3, -0.25) is 24.1 Å². The number of ketones is 1. The number of hydrogen-bond donors (Lipinski definition) is 1. The van der Waals surface area contributed by atoms with Gasteiger partial charge in [0.15, 0.2) is 6.04 Å². The van der Waals surface area contributed by atoms with Gasteiger partial charge in [0.2, 0.25) is 5.91 Å². The Kier molecular flexibility index (Phi) is 7.44. The molecule has 1 saturated heterocycles. The van der Waals surface area contributed by atoms with Crippen molar-refractivity contribution in [2.24, 2.45) is 4.99 Å². The average Bonchev–Trinajstić information content (AvgIpc) is 3.03. The Morgan fingerprint density at radius 2 is 1.97 bits per heavy atom. The highest BCUT2D eigenvalue weighted by Crippen LogP contribution is 2.24. The van der Waals surface area contributed by atoms with E-state index < -0.39 is 41.5 Å². The number of benzene rings is 1. The number of nitrogens with one attached hydrogen (secondary N) is 1. The van der Waals surface area contributed by atoms with Crippen molar-refractivity contribution in [1.29, 1.82) is 0 Å². The van der Waals surface area contributed by atoms with Crippen LogP contribution in [0.15, 0.2) is 23.2 Å². The summed E-state index contributed by atoms with van der Waals surface area (Å²) in [5, 5.41) is 2.62. The predicted molar refractivity (Wildman–Crippen MR) is 122 cm³/mol. The maximum atomic E-state index is 13.8. The molecule has 3 amide bonds. The Morgan fingerprint density at radius 1 is 1.17 bits per heavy atom. The highest BCUT2D eigenvalue weighted by Gasteiger charge is 2.47. The number of rotatable bonds is 1. The van der Waals surface area contributed by atoms with Gasteiger partial charge in [-0.15, -0.1) is 0 Å². The molecule has 11 heteroatoms. The second-order valence-corrected chi connectivity index (χ2v) is 8.82. The minimum absolute atomic E-state index is 0.0382. The molecule has 3 atom stereocenters. The number of ether oxygens (including phenoxy) is 2. The summed E-state index contributed by atoms with van der Waals surface area (Å²) < 4.78 is 25.3. The van der Waals surface area contributed by atoms with Crippen LogP contribution in [0.2, 0.25) is 0 Å². The van der Waals surface area contributed by atoms with E-state index in [1.54, 1.807) is 7.05 Å². The summed E-state index contributed by atoms with van der Waals surface area (Å²) >= 11 is 0. The number of amidine groups is 1. The van der Waals surface area contributed by atoms with Gasteiger partial charge < -0.3 is 19.7 Å². The van der Waals surface area contributed by atoms with E-state index in [1.807, 2.05) is 6.92 Å². The largest absolute Gasteiger partial charge is 0.493 e. The van der Waals surface area contributed by atoms with Crippen molar-refractivity contribution in [3.05, 3.63) is 29.6 Å². The molecule has 4 rings (SSSR count). The van der Waals surface area contributed by atoms with E-state index in [9.17, 15) is 23.6 Å². The van der Waals surface area contributed by atoms with E-state index in [-0.39, 0.29) is 50.3 Å². The summed E-state index contributed by atoms with van der Waals surface area (Å²) in [5.74, 6) is -2.79. The zero-order valence-electron chi connectivity index (χ0n) is 19.8. The van der Waals surface area contributed by atoms with Gasteiger partial charge in [-0.1, -0.05) is 13.0 Å². The number of likely N-dealkylation sites (N-methyl/N-ethyl adjacent to an activating group) is 1. The van der Waals surface area contributed by atoms with Crippen LogP contribution in [-0.4, -0.2) is 84.1 Å². The van der Waals surface area contributed by atoms with Crippen molar-refractivity contribution < 1.29 is 33.0 Å². The molecule has 0 radical (unpaired) electrons. The van der Waals surface area contributed by atoms with Crippen LogP contribution in [0.1, 0.15) is 38.2 Å². The van der Waals surface area contributed by atoms with E-state index in [1.165, 1.54) is 28.0 Å². The lowest BCUT2D eigenvalue weighted by molar-refractivity contribution is -0.147. The van der Waals surface area contributed by atoms with Gasteiger partial charge in [-0.25, -0.2) is 9.38 Å². The minimum atomic E-state index is -1.59. The maximum absolute atomic E-state index is 13.8. The van der Waals surface area contributed by atoms with E-state index in [0.29, 0.717) is 24.8 Å². The lowest BCUT2D eigenvalue weighted by atomic mass is 10.0. The summed E-state index contributed by atoms with van der Waals surface area (Å²) in [7, 11) is 1.60. The normalized spacial score (nSPS) is 26.4. The molecule has 1 aromatic rings. The highest BCUT2D eigenvalue weighted by atomic mass is 19.1. The molecule has 0 aliphatic carbocycles. The van der Waals surface area contributed by atoms with Crippen molar-refractivity contribution in [3.63, 3.8) is 0 Å². The topological polar surface area (TPSA) is 118 Å². The van der Waals surface area contributed by atoms with Crippen molar-refractivity contribution in [1.82, 2.24) is 15.1 Å². The standard InChI is InChI=1S/C24H29FN4O6/c1-3-16-12-34-13-17-22-27-20(21(31)24(33)29(16)22)23(32)26-11-14-7-8-15(25)10-18(14)35-9-5-4-6-19(30)28(17)2/h7-8,10,16-17,20H,3-6,9,11-13H2,1-2H3,(H,26,32)/t16-,17+,20?/m0/s1. The lowest BCUT2D eigenvalue weighted by Crippen LogP contribution is -2.61. The average molecular weight is 489 g/mol. The molecule has 3 aliphatic rings. The monoisotopic (exact) mass is 488 g/mol. The Bertz CT molecular complexity index is 1060. The number of carbonyl (C=O) groups excluding carboxylic acids is 4. The number of nitrogens with zero attached hydrogens (tertiary/aromatic N) is 3. The highest BCUT2D eigenvalue weighted by molar-refractivity contribution is 6.46. The number of carbonyl (C=O) groups is 4. The first kappa shape index (κ1) is 24.8. The van der Waals surface area contributed by atoms with Crippen molar-refractivity contribution in [2.45, 2.75) is 57.3 Å². The zero-order chi connectivity index (χ0) is 25.1. The third-order valence-electron chi connectivity index (χ3n) is 6.54. The van der Waals surface area contributed by atoms with E-state index in [2.05, 4.69) is 10.3 Å². The number of halogens is 1. The van der Waals surface area contributed by atoms with E-state index >= 15 is 0 Å². The summed E-state index contributed by atoms with van der Waals surface area (Å²) in [6.45, 7) is 2.37. The first-order chi connectivity index (χ1) is 16.8. The molecule has 0 saturated carbocycles. The van der Waals surface area contributed by atoms with Crippen LogP contribution in [0.3, 0.4) is 0 Å². The lowest BCUT2D eigenvalue weighted by Gasteiger charge is -2.37. The van der Waals surface area contributed by atoms with Crippen molar-refractivity contribution in [2.75, 3.05) is 26.9 Å². The Labute approximate surface area is 202 Å². The van der Waals surface area contributed by atoms with Gasteiger partial charge in [0.05, 0.1) is 25.9 Å². The number of hydrogen-bond acceptors (Lipinski definition) is 7. The summed E-state index contributed by atoms with van der Waals surface area (Å²) in [6.07, 6.45) is 1.81. The fraction of sp³-hybridized carbons (Fsp3) is 0.542. The third kappa shape index (κ3) is 5.04. The van der Waals surface area contributed by atoms with Crippen LogP contribution >= 0.6 is 0 Å². The molecular weight excluding hydrogens is 459 g/mol. The first-order valence-electron chi connectivity index (χ1n) is 11.8. The quantitative estimate of drug-likeness (QED) is 0.462. The predicted octanol–water partition coefficient (Wildman–Crippen LogP) is 0.819. The zero-order valence-corrected chi connectivity index (χ0v) is 19.8. The number of amides is 3. The minimum Gasteiger partial charge on any atom is -0.493 e. The van der Waals surface area contributed by atoms with Gasteiger partial charge >= 0.3 is 0 Å². The van der Waals surface area contributed by atoms with E-state index in [0.717, 1.165) is 0 Å². The van der Waals surface area contributed by atoms with Crippen LogP contribution in [0.4, 0.5) is 4.39 Å². The third-order valence-corrected chi connectivity index (χ3v) is 6.54.